The second-order valence-electron chi connectivity index (χ2n) is 3.03. The Morgan fingerprint density at radius 3 is 2.33 bits per heavy atom. The van der Waals surface area contributed by atoms with Gasteiger partial charge in [0, 0.05) is 0 Å². The van der Waals surface area contributed by atoms with Gasteiger partial charge < -0.3 is 34.9 Å². The second kappa shape index (κ2) is 4.06. The summed E-state index contributed by atoms with van der Waals surface area (Å²) in [5.74, 6) is -3.07. The van der Waals surface area contributed by atoms with Crippen molar-refractivity contribution in [2.45, 2.75) is 24.3 Å². The standard InChI is InChI=1S/C5H11O9P/c6-2-1-13-4(8)5(9,3(2)7)14-15(10,11)12/h2-4,6-9H,1H2,(H2,10,11,12)/t2-,3+,4?,5-/m1/s1. The zero-order chi connectivity index (χ0) is 11.9. The molecule has 0 aromatic rings. The average molecular weight is 246 g/mol. The Bertz CT molecular complexity index is 276. The Hall–Kier alpha value is -0.0900. The molecular formula is C5H11O9P. The number of rotatable bonds is 2. The number of aliphatic hydroxyl groups excluding tert-OH is 3. The van der Waals surface area contributed by atoms with Gasteiger partial charge in [0.25, 0.3) is 5.79 Å². The number of phosphoric ester groups is 1. The van der Waals surface area contributed by atoms with Crippen LogP contribution in [-0.2, 0) is 13.8 Å². The number of ether oxygens (including phenoxy) is 1. The third kappa shape index (κ3) is 2.72. The second-order valence-corrected chi connectivity index (χ2v) is 4.20. The van der Waals surface area contributed by atoms with E-state index in [4.69, 9.17) is 20.0 Å². The molecular weight excluding hydrogens is 235 g/mol. The molecule has 0 bridgehead atoms. The van der Waals surface area contributed by atoms with Crippen molar-refractivity contribution < 1.29 is 44.0 Å². The van der Waals surface area contributed by atoms with E-state index in [1.807, 2.05) is 0 Å². The lowest BCUT2D eigenvalue weighted by atomic mass is 10.0. The fraction of sp³-hybridized carbons (Fsp3) is 1.00. The van der Waals surface area contributed by atoms with Crippen molar-refractivity contribution in [3.05, 3.63) is 0 Å². The molecule has 1 rings (SSSR count). The van der Waals surface area contributed by atoms with Crippen molar-refractivity contribution in [3.8, 4) is 0 Å². The lowest BCUT2D eigenvalue weighted by molar-refractivity contribution is -0.369. The third-order valence-corrected chi connectivity index (χ3v) is 2.36. The molecule has 1 fully saturated rings. The van der Waals surface area contributed by atoms with Gasteiger partial charge in [-0.2, -0.15) is 0 Å². The largest absolute Gasteiger partial charge is 0.472 e. The Morgan fingerprint density at radius 2 is 1.87 bits per heavy atom. The number of aliphatic hydroxyl groups is 4. The molecule has 15 heavy (non-hydrogen) atoms. The molecule has 1 heterocycles. The Balaban J connectivity index is 2.90. The molecule has 9 nitrogen and oxygen atoms in total. The normalized spacial score (nSPS) is 42.9. The zero-order valence-electron chi connectivity index (χ0n) is 7.29. The van der Waals surface area contributed by atoms with Gasteiger partial charge in [-0.15, -0.1) is 0 Å². The van der Waals surface area contributed by atoms with E-state index in [-0.39, 0.29) is 0 Å². The molecule has 0 aromatic heterocycles. The molecule has 6 N–H and O–H groups in total. The van der Waals surface area contributed by atoms with E-state index in [0.717, 1.165) is 0 Å². The van der Waals surface area contributed by atoms with Gasteiger partial charge in [0.15, 0.2) is 0 Å². The molecule has 10 heteroatoms. The molecule has 0 aliphatic carbocycles. The molecule has 1 aliphatic heterocycles. The van der Waals surface area contributed by atoms with Crippen molar-refractivity contribution >= 4 is 7.82 Å². The minimum Gasteiger partial charge on any atom is -0.388 e. The fourth-order valence-corrected chi connectivity index (χ4v) is 1.69. The van der Waals surface area contributed by atoms with E-state index in [0.29, 0.717) is 0 Å². The van der Waals surface area contributed by atoms with E-state index in [2.05, 4.69) is 9.26 Å². The molecule has 1 aliphatic rings. The summed E-state index contributed by atoms with van der Waals surface area (Å²) in [4.78, 5) is 16.9. The highest BCUT2D eigenvalue weighted by Gasteiger charge is 2.55. The van der Waals surface area contributed by atoms with Gasteiger partial charge >= 0.3 is 7.82 Å². The molecule has 0 spiro atoms. The summed E-state index contributed by atoms with van der Waals surface area (Å²) < 4.78 is 18.6. The maximum absolute atomic E-state index is 10.5. The third-order valence-electron chi connectivity index (χ3n) is 1.83. The van der Waals surface area contributed by atoms with Crippen LogP contribution in [0.3, 0.4) is 0 Å². The summed E-state index contributed by atoms with van der Waals surface area (Å²) in [7, 11) is -5.16. The molecule has 0 radical (unpaired) electrons. The van der Waals surface area contributed by atoms with Crippen LogP contribution in [0.4, 0.5) is 0 Å². The van der Waals surface area contributed by atoms with E-state index < -0.39 is 38.7 Å². The van der Waals surface area contributed by atoms with Crippen LogP contribution < -0.4 is 0 Å². The average Bonchev–Trinajstić information content (AvgIpc) is 2.06. The maximum atomic E-state index is 10.5. The van der Waals surface area contributed by atoms with Gasteiger partial charge in [0.05, 0.1) is 6.61 Å². The topological polar surface area (TPSA) is 157 Å². The molecule has 90 valence electrons. The molecule has 4 atom stereocenters. The van der Waals surface area contributed by atoms with Crippen LogP contribution in [0.2, 0.25) is 0 Å². The Labute approximate surface area is 83.7 Å². The van der Waals surface area contributed by atoms with E-state index in [1.165, 1.54) is 0 Å². The van der Waals surface area contributed by atoms with Crippen LogP contribution in [0, 0.1) is 0 Å². The molecule has 1 unspecified atom stereocenters. The predicted molar refractivity (Wildman–Crippen MR) is 42.1 cm³/mol. The minimum absolute atomic E-state index is 0.505. The summed E-state index contributed by atoms with van der Waals surface area (Å²) >= 11 is 0. The number of phosphoric acid groups is 1. The van der Waals surface area contributed by atoms with E-state index in [1.54, 1.807) is 0 Å². The zero-order valence-corrected chi connectivity index (χ0v) is 8.19. The first-order chi connectivity index (χ1) is 6.67. The highest BCUT2D eigenvalue weighted by atomic mass is 31.2. The maximum Gasteiger partial charge on any atom is 0.472 e. The van der Waals surface area contributed by atoms with Crippen LogP contribution in [0.25, 0.3) is 0 Å². The molecule has 0 saturated carbocycles. The van der Waals surface area contributed by atoms with Crippen LogP contribution in [0.1, 0.15) is 0 Å². The number of hydrogen-bond acceptors (Lipinski definition) is 7. The van der Waals surface area contributed by atoms with Crippen LogP contribution in [0.15, 0.2) is 0 Å². The highest BCUT2D eigenvalue weighted by molar-refractivity contribution is 7.46. The summed E-state index contributed by atoms with van der Waals surface area (Å²) in [6.07, 6.45) is -5.91. The number of hydrogen-bond donors (Lipinski definition) is 6. The first-order valence-electron chi connectivity index (χ1n) is 3.81. The fourth-order valence-electron chi connectivity index (χ4n) is 1.11. The summed E-state index contributed by atoms with van der Waals surface area (Å²) in [5.41, 5.74) is 0. The van der Waals surface area contributed by atoms with Gasteiger partial charge in [-0.1, -0.05) is 0 Å². The van der Waals surface area contributed by atoms with Gasteiger partial charge in [0.2, 0.25) is 6.29 Å². The SMILES string of the molecule is O=P(O)(O)O[C@@]1(O)C(O)OC[C@@H](O)[C@@H]1O. The summed E-state index contributed by atoms with van der Waals surface area (Å²) in [6.45, 7) is -0.505. The predicted octanol–water partition coefficient (Wildman–Crippen LogP) is -3.15. The molecule has 1 saturated heterocycles. The van der Waals surface area contributed by atoms with Crippen LogP contribution in [0.5, 0.6) is 0 Å². The van der Waals surface area contributed by atoms with Gasteiger partial charge in [-0.3, -0.25) is 0 Å². The Kier molecular flexibility index (Phi) is 3.51. The smallest absolute Gasteiger partial charge is 0.388 e. The van der Waals surface area contributed by atoms with Gasteiger partial charge in [-0.05, 0) is 0 Å². The summed E-state index contributed by atoms with van der Waals surface area (Å²) in [6, 6.07) is 0. The van der Waals surface area contributed by atoms with Crippen molar-refractivity contribution in [1.82, 2.24) is 0 Å². The first kappa shape index (κ1) is 13.0. The van der Waals surface area contributed by atoms with Gasteiger partial charge in [0.1, 0.15) is 12.2 Å². The van der Waals surface area contributed by atoms with Gasteiger partial charge in [-0.25, -0.2) is 9.09 Å². The lowest BCUT2D eigenvalue weighted by Crippen LogP contribution is -2.63. The summed E-state index contributed by atoms with van der Waals surface area (Å²) in [5, 5.41) is 36.8. The minimum atomic E-state index is -5.16. The molecule has 0 aromatic carbocycles. The van der Waals surface area contributed by atoms with Crippen molar-refractivity contribution in [2.75, 3.05) is 6.61 Å². The Morgan fingerprint density at radius 1 is 1.33 bits per heavy atom. The van der Waals surface area contributed by atoms with Crippen molar-refractivity contribution in [3.63, 3.8) is 0 Å². The van der Waals surface area contributed by atoms with E-state index >= 15 is 0 Å². The van der Waals surface area contributed by atoms with E-state index in [9.17, 15) is 14.8 Å². The monoisotopic (exact) mass is 246 g/mol. The molecule has 0 amide bonds. The lowest BCUT2D eigenvalue weighted by Gasteiger charge is -2.41. The van der Waals surface area contributed by atoms with Crippen LogP contribution >= 0.6 is 7.82 Å². The van der Waals surface area contributed by atoms with Crippen LogP contribution in [-0.4, -0.2) is 61.1 Å². The van der Waals surface area contributed by atoms with Crippen molar-refractivity contribution in [1.29, 1.82) is 0 Å². The van der Waals surface area contributed by atoms with Crippen molar-refractivity contribution in [2.24, 2.45) is 0 Å². The quantitative estimate of drug-likeness (QED) is 0.218. The first-order valence-corrected chi connectivity index (χ1v) is 5.34. The highest BCUT2D eigenvalue weighted by Crippen LogP contribution is 2.44.